The molecular weight excluding hydrogens is 214 g/mol. The van der Waals surface area contributed by atoms with E-state index in [1.54, 1.807) is 0 Å². The van der Waals surface area contributed by atoms with Crippen LogP contribution in [0.2, 0.25) is 0 Å². The van der Waals surface area contributed by atoms with Crippen LogP contribution in [0.4, 0.5) is 0 Å². The van der Waals surface area contributed by atoms with E-state index in [1.807, 2.05) is 0 Å². The largest absolute Gasteiger partial charge is 0.374 e. The van der Waals surface area contributed by atoms with E-state index in [1.165, 1.54) is 32.2 Å². The molecule has 17 heavy (non-hydrogen) atoms. The second kappa shape index (κ2) is 6.14. The Morgan fingerprint density at radius 1 is 1.53 bits per heavy atom. The maximum Gasteiger partial charge on any atom is 0.0871 e. The first-order valence-electron chi connectivity index (χ1n) is 7.08. The molecule has 4 nitrogen and oxygen atoms in total. The van der Waals surface area contributed by atoms with Crippen LogP contribution in [0, 0.1) is 5.92 Å². The third kappa shape index (κ3) is 2.99. The number of hydrogen-bond donors (Lipinski definition) is 2. The number of nitrogens with zero attached hydrogens (tertiary/aromatic N) is 1. The Hall–Kier alpha value is -0.160. The molecule has 0 bridgehead atoms. The lowest BCUT2D eigenvalue weighted by Crippen LogP contribution is -2.57. The highest BCUT2D eigenvalue weighted by Gasteiger charge is 2.36. The zero-order chi connectivity index (χ0) is 12.3. The highest BCUT2D eigenvalue weighted by Crippen LogP contribution is 2.26. The molecule has 2 heterocycles. The van der Waals surface area contributed by atoms with Crippen LogP contribution in [0.3, 0.4) is 0 Å². The predicted molar refractivity (Wildman–Crippen MR) is 69.5 cm³/mol. The van der Waals surface area contributed by atoms with Crippen molar-refractivity contribution in [1.29, 1.82) is 0 Å². The van der Waals surface area contributed by atoms with Gasteiger partial charge in [0.1, 0.15) is 0 Å². The first kappa shape index (κ1) is 13.3. The van der Waals surface area contributed by atoms with Crippen LogP contribution in [-0.2, 0) is 4.74 Å². The molecule has 0 aromatic heterocycles. The standard InChI is InChI=1S/C13H27N3O/c1-3-5-10(2)13(15-14)12-8-16-7-4-6-11(16)9-17-12/h10-13,15H,3-9,14H2,1-2H3. The van der Waals surface area contributed by atoms with E-state index < -0.39 is 0 Å². The van der Waals surface area contributed by atoms with Gasteiger partial charge in [-0.25, -0.2) is 0 Å². The fourth-order valence-corrected chi connectivity index (χ4v) is 3.33. The summed E-state index contributed by atoms with van der Waals surface area (Å²) in [4.78, 5) is 2.58. The van der Waals surface area contributed by atoms with Crippen LogP contribution in [0.5, 0.6) is 0 Å². The smallest absolute Gasteiger partial charge is 0.0871 e. The summed E-state index contributed by atoms with van der Waals surface area (Å²) in [7, 11) is 0. The Bertz CT molecular complexity index is 237. The van der Waals surface area contributed by atoms with E-state index in [0.717, 1.165) is 13.2 Å². The van der Waals surface area contributed by atoms with Gasteiger partial charge in [-0.3, -0.25) is 16.2 Å². The summed E-state index contributed by atoms with van der Waals surface area (Å²) < 4.78 is 6.03. The summed E-state index contributed by atoms with van der Waals surface area (Å²) in [6.45, 7) is 7.68. The quantitative estimate of drug-likeness (QED) is 0.559. The lowest BCUT2D eigenvalue weighted by Gasteiger charge is -2.40. The zero-order valence-electron chi connectivity index (χ0n) is 11.2. The summed E-state index contributed by atoms with van der Waals surface area (Å²) in [5.41, 5.74) is 2.98. The first-order chi connectivity index (χ1) is 8.26. The van der Waals surface area contributed by atoms with Crippen molar-refractivity contribution in [2.24, 2.45) is 11.8 Å². The Morgan fingerprint density at radius 3 is 3.06 bits per heavy atom. The van der Waals surface area contributed by atoms with Crippen molar-refractivity contribution < 1.29 is 4.74 Å². The van der Waals surface area contributed by atoms with Gasteiger partial charge in [0.2, 0.25) is 0 Å². The number of ether oxygens (including phenoxy) is 1. The molecule has 0 radical (unpaired) electrons. The van der Waals surface area contributed by atoms with Crippen LogP contribution >= 0.6 is 0 Å². The lowest BCUT2D eigenvalue weighted by molar-refractivity contribution is -0.0728. The number of hydrazine groups is 1. The van der Waals surface area contributed by atoms with Crippen LogP contribution in [-0.4, -0.2) is 42.8 Å². The molecule has 2 aliphatic rings. The molecule has 0 amide bonds. The van der Waals surface area contributed by atoms with Crippen molar-refractivity contribution in [2.45, 2.75) is 57.7 Å². The molecule has 4 heteroatoms. The van der Waals surface area contributed by atoms with Crippen LogP contribution < -0.4 is 11.3 Å². The number of rotatable bonds is 5. The van der Waals surface area contributed by atoms with Crippen molar-refractivity contribution in [3.63, 3.8) is 0 Å². The predicted octanol–water partition coefficient (Wildman–Crippen LogP) is 1.12. The van der Waals surface area contributed by atoms with Gasteiger partial charge in [0.05, 0.1) is 18.8 Å². The monoisotopic (exact) mass is 241 g/mol. The molecule has 0 aromatic rings. The fraction of sp³-hybridized carbons (Fsp3) is 1.00. The minimum Gasteiger partial charge on any atom is -0.374 e. The molecule has 100 valence electrons. The zero-order valence-corrected chi connectivity index (χ0v) is 11.2. The summed E-state index contributed by atoms with van der Waals surface area (Å²) in [6, 6.07) is 0.961. The van der Waals surface area contributed by atoms with E-state index in [0.29, 0.717) is 12.0 Å². The maximum atomic E-state index is 6.03. The highest BCUT2D eigenvalue weighted by atomic mass is 16.5. The Kier molecular flexibility index (Phi) is 4.79. The lowest BCUT2D eigenvalue weighted by atomic mass is 9.92. The topological polar surface area (TPSA) is 50.5 Å². The minimum atomic E-state index is 0.260. The molecule has 0 spiro atoms. The third-order valence-electron chi connectivity index (χ3n) is 4.37. The number of hydrogen-bond acceptors (Lipinski definition) is 4. The van der Waals surface area contributed by atoms with E-state index in [9.17, 15) is 0 Å². The van der Waals surface area contributed by atoms with Gasteiger partial charge >= 0.3 is 0 Å². The van der Waals surface area contributed by atoms with Gasteiger partial charge in [0, 0.05) is 12.6 Å². The highest BCUT2D eigenvalue weighted by molar-refractivity contribution is 4.91. The number of nitrogens with two attached hydrogens (primary N) is 1. The summed E-state index contributed by atoms with van der Waals surface area (Å²) in [5.74, 6) is 6.30. The number of fused-ring (bicyclic) bond motifs is 1. The Balaban J connectivity index is 1.91. The van der Waals surface area contributed by atoms with Crippen molar-refractivity contribution in [2.75, 3.05) is 19.7 Å². The maximum absolute atomic E-state index is 6.03. The van der Waals surface area contributed by atoms with Gasteiger partial charge in [-0.05, 0) is 31.7 Å². The molecular formula is C13H27N3O. The third-order valence-corrected chi connectivity index (χ3v) is 4.37. The van der Waals surface area contributed by atoms with Crippen molar-refractivity contribution >= 4 is 0 Å². The molecule has 0 aromatic carbocycles. The Labute approximate surface area is 105 Å². The molecule has 2 fully saturated rings. The van der Waals surface area contributed by atoms with E-state index in [2.05, 4.69) is 24.2 Å². The Morgan fingerprint density at radius 2 is 2.35 bits per heavy atom. The number of morpholine rings is 1. The molecule has 2 rings (SSSR count). The van der Waals surface area contributed by atoms with Crippen LogP contribution in [0.25, 0.3) is 0 Å². The number of nitrogens with one attached hydrogen (secondary N) is 1. The second-order valence-electron chi connectivity index (χ2n) is 5.62. The van der Waals surface area contributed by atoms with Crippen molar-refractivity contribution in [1.82, 2.24) is 10.3 Å². The van der Waals surface area contributed by atoms with Gasteiger partial charge < -0.3 is 4.74 Å². The normalized spacial score (nSPS) is 33.4. The van der Waals surface area contributed by atoms with E-state index in [4.69, 9.17) is 10.6 Å². The van der Waals surface area contributed by atoms with Crippen molar-refractivity contribution in [3.8, 4) is 0 Å². The minimum absolute atomic E-state index is 0.260. The molecule has 3 N–H and O–H groups in total. The SMILES string of the molecule is CCCC(C)C(NN)C1CN2CCCC2CO1. The average Bonchev–Trinajstić information content (AvgIpc) is 2.77. The van der Waals surface area contributed by atoms with Gasteiger partial charge in [0.25, 0.3) is 0 Å². The summed E-state index contributed by atoms with van der Waals surface area (Å²) >= 11 is 0. The van der Waals surface area contributed by atoms with Gasteiger partial charge in [-0.15, -0.1) is 0 Å². The van der Waals surface area contributed by atoms with Gasteiger partial charge in [0.15, 0.2) is 0 Å². The first-order valence-corrected chi connectivity index (χ1v) is 7.08. The second-order valence-corrected chi connectivity index (χ2v) is 5.62. The summed E-state index contributed by atoms with van der Waals surface area (Å²) in [5, 5.41) is 0. The summed E-state index contributed by atoms with van der Waals surface area (Å²) in [6.07, 6.45) is 5.30. The molecule has 2 aliphatic heterocycles. The van der Waals surface area contributed by atoms with Crippen LogP contribution in [0.15, 0.2) is 0 Å². The molecule has 2 saturated heterocycles. The fourth-order valence-electron chi connectivity index (χ4n) is 3.33. The molecule has 4 atom stereocenters. The van der Waals surface area contributed by atoms with Crippen LogP contribution in [0.1, 0.15) is 39.5 Å². The van der Waals surface area contributed by atoms with Gasteiger partial charge in [-0.2, -0.15) is 0 Å². The molecule has 4 unspecified atom stereocenters. The van der Waals surface area contributed by atoms with Crippen molar-refractivity contribution in [3.05, 3.63) is 0 Å². The van der Waals surface area contributed by atoms with Gasteiger partial charge in [-0.1, -0.05) is 20.3 Å². The van der Waals surface area contributed by atoms with E-state index in [-0.39, 0.29) is 12.1 Å². The van der Waals surface area contributed by atoms with E-state index >= 15 is 0 Å². The molecule has 0 saturated carbocycles. The molecule has 0 aliphatic carbocycles. The average molecular weight is 241 g/mol.